The fourth-order valence-corrected chi connectivity index (χ4v) is 0.271. The lowest BCUT2D eigenvalue weighted by atomic mass is 10.3. The number of carbonyl (C=O) groups is 1. The van der Waals surface area contributed by atoms with Crippen molar-refractivity contribution in [3.63, 3.8) is 0 Å². The van der Waals surface area contributed by atoms with Crippen molar-refractivity contribution in [2.24, 2.45) is 5.73 Å². The van der Waals surface area contributed by atoms with Crippen LogP contribution in [-0.4, -0.2) is 22.4 Å². The van der Waals surface area contributed by atoms with Crippen LogP contribution in [0.25, 0.3) is 0 Å². The molecule has 0 aromatic heterocycles. The molecule has 48 valence electrons. The Bertz CT molecular complexity index is 81.4. The Morgan fingerprint density at radius 2 is 2.12 bits per heavy atom. The van der Waals surface area contributed by atoms with Crippen LogP contribution in [0.15, 0.2) is 0 Å². The number of primary amides is 1. The zero-order chi connectivity index (χ0) is 6.57. The second kappa shape index (κ2) is 3.40. The number of rotatable bonds is 3. The minimum absolute atomic E-state index is 0.0231. The van der Waals surface area contributed by atoms with Crippen molar-refractivity contribution in [1.82, 2.24) is 0 Å². The summed E-state index contributed by atoms with van der Waals surface area (Å²) in [5.41, 5.74) is 4.68. The smallest absolute Gasteiger partial charge is 0.217 e. The van der Waals surface area contributed by atoms with E-state index >= 15 is 0 Å². The molecule has 1 amide bonds. The predicted octanol–water partition coefficient (Wildman–Crippen LogP) is -1.44. The maximum Gasteiger partial charge on any atom is 0.217 e. The van der Waals surface area contributed by atoms with Gasteiger partial charge in [0, 0.05) is 12.8 Å². The lowest BCUT2D eigenvalue weighted by molar-refractivity contribution is -0.120. The number of aliphatic hydroxyl groups is 2. The Kier molecular flexibility index (Phi) is 3.14. The maximum atomic E-state index is 9.90. The van der Waals surface area contributed by atoms with Crippen LogP contribution in [0.4, 0.5) is 0 Å². The fourth-order valence-electron chi connectivity index (χ4n) is 0.271. The largest absolute Gasteiger partial charge is 0.370 e. The van der Waals surface area contributed by atoms with E-state index in [1.807, 2.05) is 0 Å². The van der Waals surface area contributed by atoms with Crippen LogP contribution < -0.4 is 5.73 Å². The highest BCUT2D eigenvalue weighted by Gasteiger charge is 1.98. The molecule has 8 heavy (non-hydrogen) atoms. The third-order valence-electron chi connectivity index (χ3n) is 0.649. The molecule has 0 radical (unpaired) electrons. The molecule has 4 heteroatoms. The average Bonchev–Trinajstić information content (AvgIpc) is 1.61. The van der Waals surface area contributed by atoms with Crippen LogP contribution in [-0.2, 0) is 4.79 Å². The molecule has 0 aliphatic rings. The molecule has 0 unspecified atom stereocenters. The normalized spacial score (nSPS) is 9.88. The Hall–Kier alpha value is -0.610. The molecule has 0 saturated heterocycles. The first kappa shape index (κ1) is 7.39. The van der Waals surface area contributed by atoms with Crippen LogP contribution in [0.2, 0.25) is 0 Å². The summed E-state index contributed by atoms with van der Waals surface area (Å²) in [6.07, 6.45) is -1.37. The highest BCUT2D eigenvalue weighted by molar-refractivity contribution is 5.73. The molecule has 4 N–H and O–H groups in total. The van der Waals surface area contributed by atoms with E-state index in [-0.39, 0.29) is 12.8 Å². The van der Waals surface area contributed by atoms with E-state index in [0.29, 0.717) is 0 Å². The lowest BCUT2D eigenvalue weighted by Crippen LogP contribution is -2.14. The first-order valence-electron chi connectivity index (χ1n) is 2.27. The zero-order valence-corrected chi connectivity index (χ0v) is 4.37. The van der Waals surface area contributed by atoms with Crippen LogP contribution >= 0.6 is 0 Å². The molecule has 0 spiro atoms. The number of aliphatic hydroxyl groups excluding tert-OH is 1. The summed E-state index contributed by atoms with van der Waals surface area (Å²) < 4.78 is 0. The number of hydrogen-bond acceptors (Lipinski definition) is 3. The van der Waals surface area contributed by atoms with Gasteiger partial charge in [-0.2, -0.15) is 0 Å². The second-order valence-electron chi connectivity index (χ2n) is 1.49. The van der Waals surface area contributed by atoms with Gasteiger partial charge in [0.1, 0.15) is 0 Å². The van der Waals surface area contributed by atoms with Gasteiger partial charge >= 0.3 is 0 Å². The summed E-state index contributed by atoms with van der Waals surface area (Å²) in [7, 11) is 0. The van der Waals surface area contributed by atoms with E-state index in [4.69, 9.17) is 10.2 Å². The van der Waals surface area contributed by atoms with Crippen molar-refractivity contribution in [1.29, 1.82) is 0 Å². The number of amides is 1. The Morgan fingerprint density at radius 1 is 1.62 bits per heavy atom. The molecule has 0 aromatic carbocycles. The van der Waals surface area contributed by atoms with E-state index in [0.717, 1.165) is 0 Å². The third kappa shape index (κ3) is 5.39. The third-order valence-corrected chi connectivity index (χ3v) is 0.649. The first-order valence-corrected chi connectivity index (χ1v) is 2.27. The first-order chi connectivity index (χ1) is 3.63. The fraction of sp³-hybridized carbons (Fsp3) is 0.750. The monoisotopic (exact) mass is 119 g/mol. The SMILES string of the molecule is NC(=O)CCC(O)O. The average molecular weight is 119 g/mol. The number of carbonyl (C=O) groups excluding carboxylic acids is 1. The van der Waals surface area contributed by atoms with E-state index in [1.54, 1.807) is 0 Å². The van der Waals surface area contributed by atoms with Gasteiger partial charge in [-0.3, -0.25) is 4.79 Å². The summed E-state index contributed by atoms with van der Waals surface area (Å²) in [6, 6.07) is 0. The molecule has 4 nitrogen and oxygen atoms in total. The van der Waals surface area contributed by atoms with Crippen molar-refractivity contribution >= 4 is 5.91 Å². The van der Waals surface area contributed by atoms with E-state index < -0.39 is 12.2 Å². The van der Waals surface area contributed by atoms with Gasteiger partial charge in [0.25, 0.3) is 0 Å². The molecule has 0 heterocycles. The maximum absolute atomic E-state index is 9.90. The van der Waals surface area contributed by atoms with Crippen LogP contribution in [0, 0.1) is 0 Å². The topological polar surface area (TPSA) is 83.6 Å². The molecule has 0 fully saturated rings. The lowest BCUT2D eigenvalue weighted by Gasteiger charge is -1.97. The summed E-state index contributed by atoms with van der Waals surface area (Å²) in [5.74, 6) is -0.516. The highest BCUT2D eigenvalue weighted by Crippen LogP contribution is 1.89. The van der Waals surface area contributed by atoms with Crippen LogP contribution in [0.5, 0.6) is 0 Å². The van der Waals surface area contributed by atoms with Crippen molar-refractivity contribution in [2.45, 2.75) is 19.1 Å². The summed E-state index contributed by atoms with van der Waals surface area (Å²) in [6.45, 7) is 0. The van der Waals surface area contributed by atoms with E-state index in [9.17, 15) is 4.79 Å². The van der Waals surface area contributed by atoms with Crippen molar-refractivity contribution in [3.8, 4) is 0 Å². The standard InChI is InChI=1S/C4H9NO3/c5-3(6)1-2-4(7)8/h4,7-8H,1-2H2,(H2,5,6). The van der Waals surface area contributed by atoms with Gasteiger partial charge in [0.2, 0.25) is 5.91 Å². The Balaban J connectivity index is 3.05. The zero-order valence-electron chi connectivity index (χ0n) is 4.37. The molecule has 0 aliphatic carbocycles. The summed E-state index contributed by atoms with van der Waals surface area (Å²) in [4.78, 5) is 9.90. The molecule has 0 aromatic rings. The van der Waals surface area contributed by atoms with Gasteiger partial charge in [-0.15, -0.1) is 0 Å². The van der Waals surface area contributed by atoms with Crippen LogP contribution in [0.3, 0.4) is 0 Å². The van der Waals surface area contributed by atoms with Gasteiger partial charge in [0.05, 0.1) is 0 Å². The van der Waals surface area contributed by atoms with Gasteiger partial charge in [-0.05, 0) is 0 Å². The van der Waals surface area contributed by atoms with Crippen molar-refractivity contribution < 1.29 is 15.0 Å². The predicted molar refractivity (Wildman–Crippen MR) is 26.7 cm³/mol. The van der Waals surface area contributed by atoms with E-state index in [1.165, 1.54) is 0 Å². The van der Waals surface area contributed by atoms with E-state index in [2.05, 4.69) is 5.73 Å². The molecule has 0 atom stereocenters. The summed E-state index contributed by atoms with van der Waals surface area (Å²) >= 11 is 0. The molecular weight excluding hydrogens is 110 g/mol. The highest BCUT2D eigenvalue weighted by atomic mass is 16.5. The number of nitrogens with two attached hydrogens (primary N) is 1. The van der Waals surface area contributed by atoms with Crippen molar-refractivity contribution in [3.05, 3.63) is 0 Å². The van der Waals surface area contributed by atoms with Gasteiger partial charge < -0.3 is 15.9 Å². The number of hydrogen-bond donors (Lipinski definition) is 3. The second-order valence-corrected chi connectivity index (χ2v) is 1.49. The quantitative estimate of drug-likeness (QED) is 0.398. The Morgan fingerprint density at radius 3 is 2.25 bits per heavy atom. The minimum atomic E-state index is -1.41. The molecular formula is C4H9NO3. The van der Waals surface area contributed by atoms with Crippen molar-refractivity contribution in [2.75, 3.05) is 0 Å². The minimum Gasteiger partial charge on any atom is -0.370 e. The van der Waals surface area contributed by atoms with Crippen LogP contribution in [0.1, 0.15) is 12.8 Å². The summed E-state index contributed by atoms with van der Waals surface area (Å²) in [5, 5.41) is 16.3. The Labute approximate surface area is 46.9 Å². The molecule has 0 aliphatic heterocycles. The van der Waals surface area contributed by atoms with Gasteiger partial charge in [-0.25, -0.2) is 0 Å². The molecule has 0 rings (SSSR count). The molecule has 0 bridgehead atoms. The van der Waals surface area contributed by atoms with Gasteiger partial charge in [-0.1, -0.05) is 0 Å². The molecule has 0 saturated carbocycles. The van der Waals surface area contributed by atoms with Gasteiger partial charge in [0.15, 0.2) is 6.29 Å².